The zero-order valence-electron chi connectivity index (χ0n) is 19.2. The van der Waals surface area contributed by atoms with Crippen LogP contribution in [-0.2, 0) is 9.47 Å². The molecule has 0 spiro atoms. The van der Waals surface area contributed by atoms with Crippen molar-refractivity contribution in [2.24, 2.45) is 23.2 Å². The van der Waals surface area contributed by atoms with Crippen LogP contribution in [0.15, 0.2) is 66.2 Å². The summed E-state index contributed by atoms with van der Waals surface area (Å²) < 4.78 is 12.4. The highest BCUT2D eigenvalue weighted by Crippen LogP contribution is 2.56. The largest absolute Gasteiger partial charge is 0.461 e. The smallest absolute Gasteiger partial charge is 0.338 e. The van der Waals surface area contributed by atoms with Gasteiger partial charge >= 0.3 is 5.97 Å². The summed E-state index contributed by atoms with van der Waals surface area (Å²) in [6.07, 6.45) is 2.39. The number of anilines is 1. The Morgan fingerprint density at radius 2 is 1.77 bits per heavy atom. The van der Waals surface area contributed by atoms with E-state index < -0.39 is 0 Å². The second kappa shape index (κ2) is 8.51. The van der Waals surface area contributed by atoms with Gasteiger partial charge in [-0.25, -0.2) is 4.79 Å². The monoisotopic (exact) mass is 419 g/mol. The lowest BCUT2D eigenvalue weighted by Crippen LogP contribution is -2.54. The van der Waals surface area contributed by atoms with E-state index in [1.54, 1.807) is 12.1 Å². The van der Waals surface area contributed by atoms with Gasteiger partial charge in [-0.2, -0.15) is 0 Å². The fourth-order valence-corrected chi connectivity index (χ4v) is 5.38. The van der Waals surface area contributed by atoms with Crippen molar-refractivity contribution in [1.29, 1.82) is 0 Å². The second-order valence-electron chi connectivity index (χ2n) is 9.41. The number of esters is 1. The molecule has 3 unspecified atom stereocenters. The van der Waals surface area contributed by atoms with Crippen LogP contribution < -0.4 is 4.90 Å². The first-order chi connectivity index (χ1) is 14.8. The van der Waals surface area contributed by atoms with Crippen LogP contribution in [-0.4, -0.2) is 33.3 Å². The van der Waals surface area contributed by atoms with E-state index in [1.807, 2.05) is 18.2 Å². The first kappa shape index (κ1) is 21.6. The summed E-state index contributed by atoms with van der Waals surface area (Å²) in [4.78, 5) is 14.7. The lowest BCUT2D eigenvalue weighted by molar-refractivity contribution is -0.166. The fourth-order valence-electron chi connectivity index (χ4n) is 5.38. The van der Waals surface area contributed by atoms with Crippen LogP contribution in [0.3, 0.4) is 0 Å². The van der Waals surface area contributed by atoms with Crippen molar-refractivity contribution < 1.29 is 14.3 Å². The summed E-state index contributed by atoms with van der Waals surface area (Å²) in [5.41, 5.74) is 4.13. The Kier molecular flexibility index (Phi) is 5.94. The molecule has 1 aliphatic heterocycles. The molecule has 2 aliphatic rings. The third-order valence-corrected chi connectivity index (χ3v) is 7.47. The molecule has 1 fully saturated rings. The summed E-state index contributed by atoms with van der Waals surface area (Å²) in [5, 5.41) is 0. The molecule has 164 valence electrons. The van der Waals surface area contributed by atoms with Gasteiger partial charge in [0.15, 0.2) is 0 Å². The lowest BCUT2D eigenvalue weighted by atomic mass is 9.56. The maximum atomic E-state index is 12.6. The Hall–Kier alpha value is -2.59. The minimum absolute atomic E-state index is 0.0212. The number of hydrogen-bond donors (Lipinski definition) is 0. The second-order valence-corrected chi connectivity index (χ2v) is 9.41. The van der Waals surface area contributed by atoms with Gasteiger partial charge in [0, 0.05) is 31.1 Å². The van der Waals surface area contributed by atoms with Crippen LogP contribution in [0.4, 0.5) is 5.69 Å². The van der Waals surface area contributed by atoms with E-state index >= 15 is 0 Å². The molecule has 0 saturated carbocycles. The molecule has 0 aromatic heterocycles. The van der Waals surface area contributed by atoms with Crippen molar-refractivity contribution in [1.82, 2.24) is 0 Å². The minimum atomic E-state index is -0.265. The highest BCUT2D eigenvalue weighted by Gasteiger charge is 2.54. The van der Waals surface area contributed by atoms with Crippen LogP contribution >= 0.6 is 0 Å². The Labute approximate surface area is 185 Å². The zero-order valence-corrected chi connectivity index (χ0v) is 19.2. The topological polar surface area (TPSA) is 38.8 Å². The molecule has 31 heavy (non-hydrogen) atoms. The summed E-state index contributed by atoms with van der Waals surface area (Å²) in [6.45, 7) is 7.70. The van der Waals surface area contributed by atoms with Crippen molar-refractivity contribution >= 4 is 11.7 Å². The van der Waals surface area contributed by atoms with Gasteiger partial charge in [-0.1, -0.05) is 55.8 Å². The van der Waals surface area contributed by atoms with Gasteiger partial charge in [0.25, 0.3) is 0 Å². The van der Waals surface area contributed by atoms with Gasteiger partial charge in [0.2, 0.25) is 0 Å². The van der Waals surface area contributed by atoms with Crippen LogP contribution in [0, 0.1) is 23.2 Å². The molecule has 0 amide bonds. The molecule has 2 aromatic carbocycles. The third-order valence-electron chi connectivity index (χ3n) is 7.47. The number of benzene rings is 2. The molecule has 1 heterocycles. The maximum absolute atomic E-state index is 12.6. The van der Waals surface area contributed by atoms with E-state index in [9.17, 15) is 4.79 Å². The number of allylic oxidation sites excluding steroid dienone is 1. The van der Waals surface area contributed by atoms with Gasteiger partial charge in [0.1, 0.15) is 6.61 Å². The van der Waals surface area contributed by atoms with Crippen LogP contribution in [0.2, 0.25) is 0 Å². The highest BCUT2D eigenvalue weighted by molar-refractivity contribution is 5.89. The fraction of sp³-hybridized carbons (Fsp3) is 0.444. The Balaban J connectivity index is 1.57. The first-order valence-corrected chi connectivity index (χ1v) is 11.1. The molecule has 2 aromatic rings. The Morgan fingerprint density at radius 3 is 2.42 bits per heavy atom. The molecule has 1 aliphatic carbocycles. The standard InChI is InChI=1S/C27H33NO3/c1-18-15-19(2)27(17-31-26(29)22-9-7-6-8-10-22)16-30-25(24(18)20(27)3)21-11-13-23(14-12-21)28(4)5/h6-15,19-20,24-25H,16-17H2,1-5H3/t19?,20-,24?,25?,27+/m0/s1. The molecular weight excluding hydrogens is 386 g/mol. The normalized spacial score (nSPS) is 29.8. The SMILES string of the molecule is CC1=CC(C)[C@]2(COC(=O)c3ccccc3)COC(c3ccc(N(C)C)cc3)C1[C@@H]2C. The average Bonchev–Trinajstić information content (AvgIpc) is 2.77. The highest BCUT2D eigenvalue weighted by atomic mass is 16.5. The average molecular weight is 420 g/mol. The van der Waals surface area contributed by atoms with Gasteiger partial charge < -0.3 is 14.4 Å². The van der Waals surface area contributed by atoms with E-state index in [2.05, 4.69) is 70.1 Å². The predicted octanol–water partition coefficient (Wildman–Crippen LogP) is 5.52. The molecule has 4 rings (SSSR count). The number of nitrogens with zero attached hydrogens (tertiary/aromatic N) is 1. The van der Waals surface area contributed by atoms with Crippen molar-refractivity contribution in [2.45, 2.75) is 26.9 Å². The minimum Gasteiger partial charge on any atom is -0.461 e. The van der Waals surface area contributed by atoms with Crippen molar-refractivity contribution in [3.05, 3.63) is 77.4 Å². The summed E-state index contributed by atoms with van der Waals surface area (Å²) in [5.74, 6) is 0.618. The van der Waals surface area contributed by atoms with Gasteiger partial charge in [-0.3, -0.25) is 0 Å². The van der Waals surface area contributed by atoms with Gasteiger partial charge in [0.05, 0.1) is 18.3 Å². The third kappa shape index (κ3) is 3.89. The molecule has 0 N–H and O–H groups in total. The van der Waals surface area contributed by atoms with Crippen LogP contribution in [0.1, 0.15) is 42.8 Å². The molecular formula is C27H33NO3. The predicted molar refractivity (Wildman–Crippen MR) is 124 cm³/mol. The van der Waals surface area contributed by atoms with E-state index in [0.717, 1.165) is 0 Å². The lowest BCUT2D eigenvalue weighted by Gasteiger charge is -2.55. The van der Waals surface area contributed by atoms with Crippen molar-refractivity contribution in [3.63, 3.8) is 0 Å². The van der Waals surface area contributed by atoms with E-state index in [1.165, 1.54) is 16.8 Å². The van der Waals surface area contributed by atoms with E-state index in [0.29, 0.717) is 24.7 Å². The van der Waals surface area contributed by atoms with Crippen molar-refractivity contribution in [2.75, 3.05) is 32.2 Å². The van der Waals surface area contributed by atoms with E-state index in [-0.39, 0.29) is 29.3 Å². The number of carbonyl (C=O) groups excluding carboxylic acids is 1. The number of fused-ring (bicyclic) bond motifs is 2. The molecule has 2 bridgehead atoms. The number of hydrogen-bond acceptors (Lipinski definition) is 4. The first-order valence-electron chi connectivity index (χ1n) is 11.1. The number of carbonyl (C=O) groups is 1. The van der Waals surface area contributed by atoms with Gasteiger partial charge in [-0.15, -0.1) is 0 Å². The summed E-state index contributed by atoms with van der Waals surface area (Å²) in [6, 6.07) is 17.9. The molecule has 4 nitrogen and oxygen atoms in total. The van der Waals surface area contributed by atoms with Gasteiger partial charge in [-0.05, 0) is 48.6 Å². The Morgan fingerprint density at radius 1 is 1.10 bits per heavy atom. The molecule has 1 saturated heterocycles. The quantitative estimate of drug-likeness (QED) is 0.473. The number of ether oxygens (including phenoxy) is 2. The molecule has 0 radical (unpaired) electrons. The summed E-state index contributed by atoms with van der Waals surface area (Å²) >= 11 is 0. The number of rotatable bonds is 5. The maximum Gasteiger partial charge on any atom is 0.338 e. The Bertz CT molecular complexity index is 950. The van der Waals surface area contributed by atoms with Crippen molar-refractivity contribution in [3.8, 4) is 0 Å². The molecule has 4 heteroatoms. The zero-order chi connectivity index (χ0) is 22.2. The van der Waals surface area contributed by atoms with E-state index in [4.69, 9.17) is 9.47 Å². The summed E-state index contributed by atoms with van der Waals surface area (Å²) in [7, 11) is 4.10. The van der Waals surface area contributed by atoms with Crippen LogP contribution in [0.25, 0.3) is 0 Å². The molecule has 5 atom stereocenters. The van der Waals surface area contributed by atoms with Crippen LogP contribution in [0.5, 0.6) is 0 Å².